The summed E-state index contributed by atoms with van der Waals surface area (Å²) in [7, 11) is 0. The minimum Gasteiger partial charge on any atom is -0.369 e. The Morgan fingerprint density at radius 1 is 0.651 bits per heavy atom. The van der Waals surface area contributed by atoms with Crippen molar-refractivity contribution in [3.05, 3.63) is 65.9 Å². The molecule has 1 aromatic heterocycles. The van der Waals surface area contributed by atoms with Crippen molar-refractivity contribution in [2.45, 2.75) is 64.0 Å². The second-order valence-electron chi connectivity index (χ2n) is 18.6. The summed E-state index contributed by atoms with van der Waals surface area (Å²) in [5.41, 5.74) is 2.20. The van der Waals surface area contributed by atoms with Crippen LogP contribution < -0.4 is 20.4 Å². The number of pyridine rings is 1. The molecular weight excluding hydrogens is 795 g/mol. The maximum absolute atomic E-state index is 13.1. The van der Waals surface area contributed by atoms with Crippen molar-refractivity contribution in [3.8, 4) is 0 Å². The highest BCUT2D eigenvalue weighted by molar-refractivity contribution is 5.95. The fourth-order valence-electron chi connectivity index (χ4n) is 9.78. The molecule has 1 aromatic carbocycles. The highest BCUT2D eigenvalue weighted by Crippen LogP contribution is 2.27. The largest absolute Gasteiger partial charge is 0.369 e. The van der Waals surface area contributed by atoms with Gasteiger partial charge in [0.25, 0.3) is 11.8 Å². The van der Waals surface area contributed by atoms with Gasteiger partial charge in [-0.05, 0) is 68.4 Å². The molecular formula is C48H71N11O4. The minimum absolute atomic E-state index is 0.0843. The lowest BCUT2D eigenvalue weighted by atomic mass is 9.91. The van der Waals surface area contributed by atoms with Gasteiger partial charge in [-0.25, -0.2) is 4.98 Å². The predicted octanol–water partition coefficient (Wildman–Crippen LogP) is 2.46. The molecule has 2 aromatic rings. The Morgan fingerprint density at radius 2 is 1.21 bits per heavy atom. The van der Waals surface area contributed by atoms with Crippen LogP contribution in [0.3, 0.4) is 0 Å². The van der Waals surface area contributed by atoms with Crippen LogP contribution in [0.25, 0.3) is 0 Å². The van der Waals surface area contributed by atoms with Crippen LogP contribution in [0.4, 0.5) is 11.5 Å². The van der Waals surface area contributed by atoms with Crippen LogP contribution in [0.2, 0.25) is 0 Å². The Hall–Kier alpha value is -4.57. The molecule has 2 aliphatic carbocycles. The summed E-state index contributed by atoms with van der Waals surface area (Å²) in [6.07, 6.45) is 14.4. The van der Waals surface area contributed by atoms with E-state index in [1.54, 1.807) is 6.20 Å². The van der Waals surface area contributed by atoms with E-state index in [0.29, 0.717) is 37.3 Å². The van der Waals surface area contributed by atoms with Crippen molar-refractivity contribution < 1.29 is 19.2 Å². The van der Waals surface area contributed by atoms with Gasteiger partial charge in [-0.15, -0.1) is 0 Å². The first-order valence-electron chi connectivity index (χ1n) is 24.0. The van der Waals surface area contributed by atoms with Crippen LogP contribution in [0, 0.1) is 5.92 Å². The van der Waals surface area contributed by atoms with Crippen LogP contribution in [0.5, 0.6) is 0 Å². The third-order valence-corrected chi connectivity index (χ3v) is 14.5. The second-order valence-corrected chi connectivity index (χ2v) is 18.6. The molecule has 4 aliphatic heterocycles. The number of hydrogen-bond acceptors (Lipinski definition) is 11. The fraction of sp³-hybridized carbons (Fsp3) is 0.646. The molecule has 0 bridgehead atoms. The smallest absolute Gasteiger partial charge is 0.253 e. The second kappa shape index (κ2) is 21.9. The van der Waals surface area contributed by atoms with E-state index in [9.17, 15) is 19.2 Å². The topological polar surface area (TPSA) is 131 Å². The van der Waals surface area contributed by atoms with E-state index in [4.69, 9.17) is 0 Å². The molecule has 63 heavy (non-hydrogen) atoms. The number of anilines is 2. The summed E-state index contributed by atoms with van der Waals surface area (Å²) < 4.78 is 0. The summed E-state index contributed by atoms with van der Waals surface area (Å²) in [5, 5.41) is 6.04. The van der Waals surface area contributed by atoms with Crippen molar-refractivity contribution in [1.82, 2.24) is 45.0 Å². The lowest BCUT2D eigenvalue weighted by Gasteiger charge is -2.43. The van der Waals surface area contributed by atoms with Crippen LogP contribution in [0.1, 0.15) is 72.6 Å². The van der Waals surface area contributed by atoms with E-state index in [1.165, 1.54) is 38.5 Å². The van der Waals surface area contributed by atoms with E-state index in [1.807, 2.05) is 46.2 Å². The Bertz CT molecular complexity index is 1860. The maximum atomic E-state index is 13.1. The minimum atomic E-state index is -0.169. The standard InChI is InChI=1S/C48H71N11O4/c1-38(15-17-50-47(62)39-7-2-12-43(34-39)56-22-18-52(19-23-56)36-45(60)58-30-26-54(27-31-58)41-8-3-9-41)6-5-16-49-48(63)40-13-14-44(51-35-40)57-24-20-53(21-25-57)37-46(61)59-32-28-55(29-33-59)42-10-4-11-42/h2,5-7,12-14,34-35,38,41-42H,3-4,8-11,15-33,36-37H2,1H3,(H,49,63)(H,50,62)/b6-5+. The van der Waals surface area contributed by atoms with Crippen LogP contribution in [-0.4, -0.2) is 201 Å². The number of carbonyl (C=O) groups is 4. The number of piperazine rings is 4. The van der Waals surface area contributed by atoms with Gasteiger partial charge in [0.15, 0.2) is 0 Å². The first-order valence-corrected chi connectivity index (χ1v) is 24.0. The normalized spacial score (nSPS) is 21.9. The first-order chi connectivity index (χ1) is 30.8. The number of benzene rings is 1. The number of hydrogen-bond donors (Lipinski definition) is 2. The molecule has 342 valence electrons. The van der Waals surface area contributed by atoms with E-state index < -0.39 is 0 Å². The van der Waals surface area contributed by atoms with E-state index >= 15 is 0 Å². The highest BCUT2D eigenvalue weighted by Gasteiger charge is 2.32. The molecule has 8 rings (SSSR count). The summed E-state index contributed by atoms with van der Waals surface area (Å²) >= 11 is 0. The van der Waals surface area contributed by atoms with Crippen molar-refractivity contribution >= 4 is 35.1 Å². The van der Waals surface area contributed by atoms with Crippen molar-refractivity contribution in [1.29, 1.82) is 0 Å². The summed E-state index contributed by atoms with van der Waals surface area (Å²) in [6, 6.07) is 13.1. The quantitative estimate of drug-likeness (QED) is 0.242. The maximum Gasteiger partial charge on any atom is 0.253 e. The van der Waals surface area contributed by atoms with Crippen LogP contribution in [0.15, 0.2) is 54.7 Å². The van der Waals surface area contributed by atoms with Crippen molar-refractivity contribution in [2.24, 2.45) is 5.92 Å². The number of rotatable bonds is 16. The van der Waals surface area contributed by atoms with Crippen LogP contribution in [-0.2, 0) is 9.59 Å². The molecule has 2 N–H and O–H groups in total. The number of nitrogens with one attached hydrogen (secondary N) is 2. The molecule has 4 saturated heterocycles. The van der Waals surface area contributed by atoms with Gasteiger partial charge in [-0.2, -0.15) is 0 Å². The molecule has 1 unspecified atom stereocenters. The molecule has 5 heterocycles. The Labute approximate surface area is 374 Å². The zero-order valence-electron chi connectivity index (χ0n) is 37.7. The van der Waals surface area contributed by atoms with Gasteiger partial charge >= 0.3 is 0 Å². The fourth-order valence-corrected chi connectivity index (χ4v) is 9.78. The lowest BCUT2D eigenvalue weighted by molar-refractivity contribution is -0.135. The lowest BCUT2D eigenvalue weighted by Crippen LogP contribution is -2.56. The summed E-state index contributed by atoms with van der Waals surface area (Å²) in [5.74, 6) is 1.31. The molecule has 0 spiro atoms. The van der Waals surface area contributed by atoms with Crippen molar-refractivity contribution in [2.75, 3.05) is 141 Å². The zero-order chi connectivity index (χ0) is 43.5. The summed E-state index contributed by atoms with van der Waals surface area (Å²) in [4.78, 5) is 74.9. The van der Waals surface area contributed by atoms with Gasteiger partial charge in [0, 0.05) is 147 Å². The van der Waals surface area contributed by atoms with Crippen LogP contribution >= 0.6 is 0 Å². The molecule has 2 saturated carbocycles. The average molecular weight is 866 g/mol. The first kappa shape index (κ1) is 45.0. The number of amides is 4. The van der Waals surface area contributed by atoms with Gasteiger partial charge in [0.2, 0.25) is 11.8 Å². The number of carbonyl (C=O) groups excluding carboxylic acids is 4. The number of allylic oxidation sites excluding steroid dienone is 1. The number of aromatic nitrogens is 1. The Kier molecular flexibility index (Phi) is 15.6. The van der Waals surface area contributed by atoms with E-state index in [-0.39, 0.29) is 29.5 Å². The highest BCUT2D eigenvalue weighted by atomic mass is 16.2. The Morgan fingerprint density at radius 3 is 1.73 bits per heavy atom. The summed E-state index contributed by atoms with van der Waals surface area (Å²) in [6.45, 7) is 17.9. The third-order valence-electron chi connectivity index (χ3n) is 14.5. The molecule has 15 heteroatoms. The van der Waals surface area contributed by atoms with Gasteiger partial charge in [-0.3, -0.25) is 38.8 Å². The molecule has 1 atom stereocenters. The van der Waals surface area contributed by atoms with Gasteiger partial charge < -0.3 is 30.2 Å². The van der Waals surface area contributed by atoms with Gasteiger partial charge in [-0.1, -0.05) is 38.0 Å². The molecule has 4 amide bonds. The zero-order valence-corrected chi connectivity index (χ0v) is 37.7. The SMILES string of the molecule is CC(/C=C/CNC(=O)c1ccc(N2CCN(CC(=O)N3CCN(C4CCC4)CC3)CC2)nc1)CCNC(=O)c1cccc(N2CCN(CC(=O)N3CCN(C4CCC4)CC3)CC2)c1. The van der Waals surface area contributed by atoms with E-state index in [0.717, 1.165) is 135 Å². The van der Waals surface area contributed by atoms with E-state index in [2.05, 4.69) is 64.1 Å². The number of nitrogens with zero attached hydrogens (tertiary/aromatic N) is 9. The average Bonchev–Trinajstić information content (AvgIpc) is 3.27. The van der Waals surface area contributed by atoms with Crippen molar-refractivity contribution in [3.63, 3.8) is 0 Å². The molecule has 0 radical (unpaired) electrons. The van der Waals surface area contributed by atoms with Gasteiger partial charge in [0.05, 0.1) is 18.7 Å². The monoisotopic (exact) mass is 866 g/mol. The molecule has 6 aliphatic rings. The predicted molar refractivity (Wildman–Crippen MR) is 247 cm³/mol. The molecule has 15 nitrogen and oxygen atoms in total. The third kappa shape index (κ3) is 12.2. The Balaban J connectivity index is 0.672. The van der Waals surface area contributed by atoms with Gasteiger partial charge in [0.1, 0.15) is 5.82 Å². The molecule has 6 fully saturated rings.